The molecule has 0 spiro atoms. The maximum Gasteiger partial charge on any atom is 0.0558 e. The van der Waals surface area contributed by atoms with E-state index in [1.165, 1.54) is 42.9 Å². The highest BCUT2D eigenvalue weighted by molar-refractivity contribution is 6.81. The number of rotatable bonds is 4. The Morgan fingerprint density at radius 2 is 1.31 bits per heavy atom. The van der Waals surface area contributed by atoms with Crippen LogP contribution in [0.4, 0.5) is 0 Å². The molecule has 1 aliphatic carbocycles. The smallest absolute Gasteiger partial charge is 0.0558 e. The molecule has 0 saturated heterocycles. The van der Waals surface area contributed by atoms with E-state index in [-0.39, 0.29) is 0 Å². The predicted octanol–water partition coefficient (Wildman–Crippen LogP) is 4.83. The Labute approximate surface area is 85.1 Å². The van der Waals surface area contributed by atoms with E-state index >= 15 is 0 Å². The van der Waals surface area contributed by atoms with Crippen LogP contribution in [0.25, 0.3) is 0 Å². The summed E-state index contributed by atoms with van der Waals surface area (Å²) >= 11 is 0. The number of hydrogen-bond donors (Lipinski definition) is 0. The second-order valence-corrected chi connectivity index (χ2v) is 10.4. The highest BCUT2D eigenvalue weighted by Gasteiger charge is 2.36. The lowest BCUT2D eigenvalue weighted by Crippen LogP contribution is -2.38. The van der Waals surface area contributed by atoms with Gasteiger partial charge in [0.15, 0.2) is 0 Å². The molecular weight excluding hydrogens is 172 g/mol. The monoisotopic (exact) mass is 198 g/mol. The molecule has 1 rings (SSSR count). The molecule has 1 saturated carbocycles. The molecule has 78 valence electrons. The van der Waals surface area contributed by atoms with Crippen molar-refractivity contribution in [2.75, 3.05) is 0 Å². The second-order valence-electron chi connectivity index (χ2n) is 4.76. The van der Waals surface area contributed by atoms with E-state index in [0.29, 0.717) is 0 Å². The third-order valence-corrected chi connectivity index (χ3v) is 11.1. The first-order valence-corrected chi connectivity index (χ1v) is 8.99. The van der Waals surface area contributed by atoms with Gasteiger partial charge >= 0.3 is 0 Å². The van der Waals surface area contributed by atoms with Gasteiger partial charge in [-0.2, -0.15) is 0 Å². The van der Waals surface area contributed by atoms with Crippen LogP contribution >= 0.6 is 0 Å². The minimum Gasteiger partial charge on any atom is -0.0678 e. The van der Waals surface area contributed by atoms with Crippen LogP contribution < -0.4 is 0 Å². The molecule has 0 aromatic rings. The van der Waals surface area contributed by atoms with E-state index in [1.807, 2.05) is 0 Å². The SMILES string of the molecule is CC[Si](CC)(CC)C1CCCCC1. The molecule has 0 aliphatic heterocycles. The third kappa shape index (κ3) is 2.37. The summed E-state index contributed by atoms with van der Waals surface area (Å²) in [5.74, 6) is 0. The minimum atomic E-state index is -0.817. The molecular formula is C12H26Si. The quantitative estimate of drug-likeness (QED) is 0.568. The van der Waals surface area contributed by atoms with Gasteiger partial charge in [0.2, 0.25) is 0 Å². The summed E-state index contributed by atoms with van der Waals surface area (Å²) in [4.78, 5) is 0. The normalized spacial score (nSPS) is 20.5. The zero-order valence-corrected chi connectivity index (χ0v) is 10.7. The van der Waals surface area contributed by atoms with E-state index in [9.17, 15) is 0 Å². The van der Waals surface area contributed by atoms with E-state index in [1.54, 1.807) is 12.8 Å². The molecule has 1 aliphatic rings. The molecule has 1 heteroatoms. The van der Waals surface area contributed by atoms with E-state index in [2.05, 4.69) is 20.8 Å². The fraction of sp³-hybridized carbons (Fsp3) is 1.00. The van der Waals surface area contributed by atoms with E-state index in [0.717, 1.165) is 0 Å². The molecule has 0 radical (unpaired) electrons. The average molecular weight is 198 g/mol. The van der Waals surface area contributed by atoms with Crippen molar-refractivity contribution in [1.82, 2.24) is 0 Å². The topological polar surface area (TPSA) is 0 Å². The highest BCUT2D eigenvalue weighted by atomic mass is 28.3. The van der Waals surface area contributed by atoms with Gasteiger partial charge in [0.05, 0.1) is 8.07 Å². The van der Waals surface area contributed by atoms with Crippen LogP contribution in [0.2, 0.25) is 23.7 Å². The van der Waals surface area contributed by atoms with Crippen LogP contribution in [0.15, 0.2) is 0 Å². The van der Waals surface area contributed by atoms with E-state index < -0.39 is 8.07 Å². The Bertz CT molecular complexity index is 124. The van der Waals surface area contributed by atoms with Crippen molar-refractivity contribution in [3.8, 4) is 0 Å². The van der Waals surface area contributed by atoms with Crippen molar-refractivity contribution in [2.24, 2.45) is 0 Å². The van der Waals surface area contributed by atoms with Crippen molar-refractivity contribution in [1.29, 1.82) is 0 Å². The van der Waals surface area contributed by atoms with Gasteiger partial charge in [0, 0.05) is 0 Å². The van der Waals surface area contributed by atoms with Crippen LogP contribution in [0.3, 0.4) is 0 Å². The summed E-state index contributed by atoms with van der Waals surface area (Å²) in [5.41, 5.74) is 1.18. The first-order chi connectivity index (χ1) is 6.29. The van der Waals surface area contributed by atoms with Crippen molar-refractivity contribution in [3.63, 3.8) is 0 Å². The molecule has 0 N–H and O–H groups in total. The van der Waals surface area contributed by atoms with Crippen LogP contribution in [-0.2, 0) is 0 Å². The molecule has 0 aromatic carbocycles. The van der Waals surface area contributed by atoms with Gasteiger partial charge < -0.3 is 0 Å². The van der Waals surface area contributed by atoms with Gasteiger partial charge in [-0.25, -0.2) is 0 Å². The molecule has 1 fully saturated rings. The summed E-state index contributed by atoms with van der Waals surface area (Å²) in [6.07, 6.45) is 7.71. The van der Waals surface area contributed by atoms with Crippen molar-refractivity contribution in [2.45, 2.75) is 76.5 Å². The van der Waals surface area contributed by atoms with Gasteiger partial charge in [0.25, 0.3) is 0 Å². The van der Waals surface area contributed by atoms with Gasteiger partial charge in [0.1, 0.15) is 0 Å². The molecule has 0 heterocycles. The minimum absolute atomic E-state index is 0.817. The standard InChI is InChI=1S/C12H26Si/c1-4-13(5-2,6-3)12-10-8-7-9-11-12/h12H,4-11H2,1-3H3. The second kappa shape index (κ2) is 5.19. The van der Waals surface area contributed by atoms with Crippen molar-refractivity contribution < 1.29 is 0 Å². The van der Waals surface area contributed by atoms with Crippen LogP contribution in [0.5, 0.6) is 0 Å². The maximum atomic E-state index is 2.45. The average Bonchev–Trinajstić information content (AvgIpc) is 2.23. The molecule has 0 aromatic heterocycles. The third-order valence-electron chi connectivity index (χ3n) is 4.58. The van der Waals surface area contributed by atoms with Gasteiger partial charge in [-0.05, 0) is 5.54 Å². The summed E-state index contributed by atoms with van der Waals surface area (Å²) in [6, 6.07) is 4.60. The Balaban J connectivity index is 2.60. The van der Waals surface area contributed by atoms with Gasteiger partial charge in [-0.3, -0.25) is 0 Å². The van der Waals surface area contributed by atoms with Crippen LogP contribution in [0.1, 0.15) is 52.9 Å². The van der Waals surface area contributed by atoms with Crippen molar-refractivity contribution in [3.05, 3.63) is 0 Å². The van der Waals surface area contributed by atoms with Crippen molar-refractivity contribution >= 4 is 8.07 Å². The summed E-state index contributed by atoms with van der Waals surface area (Å²) in [5, 5.41) is 0. The predicted molar refractivity (Wildman–Crippen MR) is 64.0 cm³/mol. The Hall–Kier alpha value is 0.217. The molecule has 0 atom stereocenters. The van der Waals surface area contributed by atoms with E-state index in [4.69, 9.17) is 0 Å². The zero-order valence-electron chi connectivity index (χ0n) is 9.73. The first-order valence-electron chi connectivity index (χ1n) is 6.29. The zero-order chi connectivity index (χ0) is 9.73. The Morgan fingerprint density at radius 1 is 0.846 bits per heavy atom. The molecule has 13 heavy (non-hydrogen) atoms. The van der Waals surface area contributed by atoms with Gasteiger partial charge in [-0.1, -0.05) is 71.0 Å². The molecule has 0 amide bonds. The lowest BCUT2D eigenvalue weighted by atomic mass is 10.0. The van der Waals surface area contributed by atoms with Crippen LogP contribution in [-0.4, -0.2) is 8.07 Å². The number of hydrogen-bond acceptors (Lipinski definition) is 0. The fourth-order valence-electron chi connectivity index (χ4n) is 3.33. The highest BCUT2D eigenvalue weighted by Crippen LogP contribution is 2.42. The summed E-state index contributed by atoms with van der Waals surface area (Å²) in [6.45, 7) is 7.36. The maximum absolute atomic E-state index is 2.45. The molecule has 0 bridgehead atoms. The largest absolute Gasteiger partial charge is 0.0678 e. The fourth-order valence-corrected chi connectivity index (χ4v) is 8.20. The summed E-state index contributed by atoms with van der Waals surface area (Å²) in [7, 11) is -0.817. The first kappa shape index (κ1) is 11.3. The van der Waals surface area contributed by atoms with Gasteiger partial charge in [-0.15, -0.1) is 0 Å². The Morgan fingerprint density at radius 3 is 1.69 bits per heavy atom. The summed E-state index contributed by atoms with van der Waals surface area (Å²) < 4.78 is 0. The Kier molecular flexibility index (Phi) is 4.50. The lowest BCUT2D eigenvalue weighted by Gasteiger charge is -2.39. The van der Waals surface area contributed by atoms with Crippen LogP contribution in [0, 0.1) is 0 Å². The lowest BCUT2D eigenvalue weighted by molar-refractivity contribution is 0.488. The molecule has 0 nitrogen and oxygen atoms in total. The molecule has 0 unspecified atom stereocenters.